The van der Waals surface area contributed by atoms with Gasteiger partial charge >= 0.3 is 0 Å². The fourth-order valence-electron chi connectivity index (χ4n) is 3.02. The maximum Gasteiger partial charge on any atom is 0.224 e. The second-order valence-electron chi connectivity index (χ2n) is 6.18. The third-order valence-electron chi connectivity index (χ3n) is 4.56. The van der Waals surface area contributed by atoms with Crippen LogP contribution in [-0.4, -0.2) is 47.4 Å². The van der Waals surface area contributed by atoms with E-state index in [-0.39, 0.29) is 11.4 Å². The minimum Gasteiger partial charge on any atom is -0.340 e. The second-order valence-corrected chi connectivity index (χ2v) is 6.96. The fourth-order valence-corrected chi connectivity index (χ4v) is 3.68. The fraction of sp³-hybridized carbons (Fsp3) is 0.667. The van der Waals surface area contributed by atoms with E-state index in [1.54, 1.807) is 11.3 Å². The van der Waals surface area contributed by atoms with Crippen molar-refractivity contribution in [3.05, 3.63) is 22.4 Å². The summed E-state index contributed by atoms with van der Waals surface area (Å²) in [5.74, 6) is 0.252. The van der Waals surface area contributed by atoms with Crippen LogP contribution in [0.15, 0.2) is 16.8 Å². The average Bonchev–Trinajstić information content (AvgIpc) is 2.90. The van der Waals surface area contributed by atoms with Gasteiger partial charge in [0.2, 0.25) is 5.91 Å². The number of nitrogens with zero attached hydrogens (tertiary/aromatic N) is 2. The van der Waals surface area contributed by atoms with E-state index < -0.39 is 0 Å². The highest BCUT2D eigenvalue weighted by Gasteiger charge is 2.36. The molecule has 1 saturated carbocycles. The summed E-state index contributed by atoms with van der Waals surface area (Å²) in [6.45, 7) is 4.64. The van der Waals surface area contributed by atoms with Crippen LogP contribution in [0.25, 0.3) is 0 Å². The van der Waals surface area contributed by atoms with Gasteiger partial charge in [0.25, 0.3) is 0 Å². The van der Waals surface area contributed by atoms with Gasteiger partial charge in [-0.05, 0) is 41.7 Å². The Morgan fingerprint density at radius 2 is 2.05 bits per heavy atom. The molecule has 0 aromatic carbocycles. The largest absolute Gasteiger partial charge is 0.340 e. The van der Waals surface area contributed by atoms with E-state index >= 15 is 0 Å². The number of rotatable bonds is 4. The Balaban J connectivity index is 1.44. The molecule has 3 rings (SSSR count). The number of hydrogen-bond acceptors (Lipinski definition) is 4. The molecule has 2 aliphatic rings. The molecule has 1 amide bonds. The Morgan fingerprint density at radius 1 is 1.30 bits per heavy atom. The van der Waals surface area contributed by atoms with Gasteiger partial charge in [0.15, 0.2) is 0 Å². The summed E-state index contributed by atoms with van der Waals surface area (Å²) in [7, 11) is 0. The van der Waals surface area contributed by atoms with Gasteiger partial charge in [0, 0.05) is 44.7 Å². The van der Waals surface area contributed by atoms with E-state index in [9.17, 15) is 4.79 Å². The molecule has 2 heterocycles. The molecular weight excluding hydrogens is 270 g/mol. The molecular formula is C15H23N3OS. The van der Waals surface area contributed by atoms with Crippen molar-refractivity contribution in [1.29, 1.82) is 0 Å². The van der Waals surface area contributed by atoms with Crippen LogP contribution in [0.4, 0.5) is 0 Å². The van der Waals surface area contributed by atoms with E-state index in [1.165, 1.54) is 12.0 Å². The van der Waals surface area contributed by atoms with Crippen LogP contribution in [0.5, 0.6) is 0 Å². The van der Waals surface area contributed by atoms with Gasteiger partial charge in [-0.25, -0.2) is 0 Å². The highest BCUT2D eigenvalue weighted by molar-refractivity contribution is 7.07. The number of piperazine rings is 1. The molecule has 0 bridgehead atoms. The Kier molecular flexibility index (Phi) is 4.10. The van der Waals surface area contributed by atoms with Crippen molar-refractivity contribution in [2.75, 3.05) is 26.2 Å². The van der Waals surface area contributed by atoms with Gasteiger partial charge in [-0.3, -0.25) is 9.69 Å². The van der Waals surface area contributed by atoms with Gasteiger partial charge in [0.1, 0.15) is 0 Å². The van der Waals surface area contributed by atoms with E-state index in [4.69, 9.17) is 5.73 Å². The summed E-state index contributed by atoms with van der Waals surface area (Å²) in [5.41, 5.74) is 7.36. The van der Waals surface area contributed by atoms with E-state index in [2.05, 4.69) is 21.7 Å². The van der Waals surface area contributed by atoms with Crippen LogP contribution >= 0.6 is 11.3 Å². The molecule has 20 heavy (non-hydrogen) atoms. The summed E-state index contributed by atoms with van der Waals surface area (Å²) in [6, 6.07) is 2.18. The van der Waals surface area contributed by atoms with Crippen LogP contribution in [-0.2, 0) is 11.3 Å². The van der Waals surface area contributed by atoms with Gasteiger partial charge < -0.3 is 10.6 Å². The predicted molar refractivity (Wildman–Crippen MR) is 81.6 cm³/mol. The molecule has 2 N–H and O–H groups in total. The Bertz CT molecular complexity index is 448. The molecule has 1 saturated heterocycles. The SMILES string of the molecule is NC1(CC(=O)N2CCN(Cc3ccsc3)CC2)CCC1. The number of thiophene rings is 1. The maximum absolute atomic E-state index is 12.3. The minimum absolute atomic E-state index is 0.190. The smallest absolute Gasteiger partial charge is 0.224 e. The highest BCUT2D eigenvalue weighted by atomic mass is 32.1. The maximum atomic E-state index is 12.3. The molecule has 1 aromatic rings. The van der Waals surface area contributed by atoms with Gasteiger partial charge in [-0.2, -0.15) is 11.3 Å². The first kappa shape index (κ1) is 14.0. The number of carbonyl (C=O) groups is 1. The molecule has 1 aromatic heterocycles. The Hall–Kier alpha value is -0.910. The molecule has 0 unspecified atom stereocenters. The number of nitrogens with two attached hydrogens (primary N) is 1. The van der Waals surface area contributed by atoms with E-state index in [0.717, 1.165) is 45.6 Å². The van der Waals surface area contributed by atoms with Crippen molar-refractivity contribution in [2.45, 2.75) is 37.8 Å². The lowest BCUT2D eigenvalue weighted by atomic mass is 9.75. The van der Waals surface area contributed by atoms with Crippen molar-refractivity contribution in [3.8, 4) is 0 Å². The molecule has 110 valence electrons. The lowest BCUT2D eigenvalue weighted by Crippen LogP contribution is -2.54. The van der Waals surface area contributed by atoms with Gasteiger partial charge in [-0.15, -0.1) is 0 Å². The van der Waals surface area contributed by atoms with Crippen molar-refractivity contribution in [1.82, 2.24) is 9.80 Å². The van der Waals surface area contributed by atoms with Crippen LogP contribution in [0.1, 0.15) is 31.2 Å². The van der Waals surface area contributed by atoms with Gasteiger partial charge in [0.05, 0.1) is 0 Å². The molecule has 1 aliphatic heterocycles. The van der Waals surface area contributed by atoms with Crippen molar-refractivity contribution < 1.29 is 4.79 Å². The topological polar surface area (TPSA) is 49.6 Å². The molecule has 4 nitrogen and oxygen atoms in total. The van der Waals surface area contributed by atoms with Crippen LogP contribution in [0.3, 0.4) is 0 Å². The molecule has 5 heteroatoms. The molecule has 1 aliphatic carbocycles. The van der Waals surface area contributed by atoms with Crippen LogP contribution < -0.4 is 5.73 Å². The van der Waals surface area contributed by atoms with E-state index in [0.29, 0.717) is 6.42 Å². The third kappa shape index (κ3) is 3.22. The van der Waals surface area contributed by atoms with Gasteiger partial charge in [-0.1, -0.05) is 0 Å². The lowest BCUT2D eigenvalue weighted by molar-refractivity contribution is -0.135. The normalized spacial score (nSPS) is 22.6. The first-order valence-electron chi connectivity index (χ1n) is 7.45. The summed E-state index contributed by atoms with van der Waals surface area (Å²) in [5, 5.41) is 4.32. The monoisotopic (exact) mass is 293 g/mol. The first-order valence-corrected chi connectivity index (χ1v) is 8.39. The number of carbonyl (C=O) groups excluding carboxylic acids is 1. The van der Waals surface area contributed by atoms with E-state index in [1.807, 2.05) is 4.90 Å². The summed E-state index contributed by atoms with van der Waals surface area (Å²) < 4.78 is 0. The summed E-state index contributed by atoms with van der Waals surface area (Å²) in [6.07, 6.45) is 3.74. The molecule has 0 spiro atoms. The Labute approximate surface area is 124 Å². The predicted octanol–water partition coefficient (Wildman–Crippen LogP) is 1.66. The highest BCUT2D eigenvalue weighted by Crippen LogP contribution is 2.32. The lowest BCUT2D eigenvalue weighted by Gasteiger charge is -2.40. The number of amides is 1. The zero-order valence-electron chi connectivity index (χ0n) is 11.9. The standard InChI is InChI=1S/C15H23N3OS/c16-15(3-1-4-15)10-14(19)18-7-5-17(6-8-18)11-13-2-9-20-12-13/h2,9,12H,1,3-8,10-11,16H2. The minimum atomic E-state index is -0.190. The van der Waals surface area contributed by atoms with Crippen molar-refractivity contribution in [3.63, 3.8) is 0 Å². The van der Waals surface area contributed by atoms with Crippen LogP contribution in [0, 0.1) is 0 Å². The summed E-state index contributed by atoms with van der Waals surface area (Å²) in [4.78, 5) is 16.7. The first-order chi connectivity index (χ1) is 9.65. The van der Waals surface area contributed by atoms with Crippen LogP contribution in [0.2, 0.25) is 0 Å². The van der Waals surface area contributed by atoms with Crippen molar-refractivity contribution >= 4 is 17.2 Å². The zero-order chi connectivity index (χ0) is 14.0. The Morgan fingerprint density at radius 3 is 2.60 bits per heavy atom. The third-order valence-corrected chi connectivity index (χ3v) is 5.30. The molecule has 0 atom stereocenters. The second kappa shape index (κ2) is 5.84. The average molecular weight is 293 g/mol. The van der Waals surface area contributed by atoms with Crippen molar-refractivity contribution in [2.24, 2.45) is 5.73 Å². The summed E-state index contributed by atoms with van der Waals surface area (Å²) >= 11 is 1.74. The molecule has 0 radical (unpaired) electrons. The quantitative estimate of drug-likeness (QED) is 0.918. The molecule has 2 fully saturated rings. The number of hydrogen-bond donors (Lipinski definition) is 1. The zero-order valence-corrected chi connectivity index (χ0v) is 12.7.